The second-order valence-electron chi connectivity index (χ2n) is 5.64. The Morgan fingerprint density at radius 3 is 2.26 bits per heavy atom. The molecule has 0 radical (unpaired) electrons. The molecule has 0 fully saturated rings. The van der Waals surface area contributed by atoms with E-state index in [4.69, 9.17) is 4.74 Å². The fourth-order valence-electron chi connectivity index (χ4n) is 2.11. The number of hydrogen-bond acceptors (Lipinski definition) is 5. The first kappa shape index (κ1) is 21.1. The van der Waals surface area contributed by atoms with Gasteiger partial charge in [-0.3, -0.25) is 9.59 Å². The van der Waals surface area contributed by atoms with Gasteiger partial charge in [0.05, 0.1) is 11.3 Å². The lowest BCUT2D eigenvalue weighted by atomic mass is 10.2. The van der Waals surface area contributed by atoms with Gasteiger partial charge in [-0.05, 0) is 42.0 Å². The van der Waals surface area contributed by atoms with Gasteiger partial charge in [0.15, 0.2) is 0 Å². The molecule has 2 N–H and O–H groups in total. The van der Waals surface area contributed by atoms with Crippen molar-refractivity contribution >= 4 is 43.5 Å². The molecule has 0 aliphatic heterocycles. The predicted molar refractivity (Wildman–Crippen MR) is 104 cm³/mol. The third-order valence-corrected chi connectivity index (χ3v) is 5.42. The van der Waals surface area contributed by atoms with Gasteiger partial charge >= 0.3 is 5.97 Å². The smallest absolute Gasteiger partial charge is 0.307 e. The molecule has 7 nitrogen and oxygen atoms in total. The summed E-state index contributed by atoms with van der Waals surface area (Å²) in [6, 6.07) is 13.1. The second kappa shape index (κ2) is 9.63. The average molecular weight is 455 g/mol. The number of halogens is 1. The number of benzene rings is 2. The van der Waals surface area contributed by atoms with Crippen LogP contribution in [0.4, 0.5) is 5.69 Å². The van der Waals surface area contributed by atoms with Gasteiger partial charge in [-0.25, -0.2) is 13.1 Å². The molecule has 2 aromatic carbocycles. The first-order valence-electron chi connectivity index (χ1n) is 8.04. The summed E-state index contributed by atoms with van der Waals surface area (Å²) in [7, 11) is -3.75. The van der Waals surface area contributed by atoms with Crippen LogP contribution in [-0.4, -0.2) is 26.8 Å². The Balaban J connectivity index is 1.79. The standard InChI is InChI=1S/C18H19BrN2O5S/c1-13(22)21-16-6-8-17(9-7-16)27(24,25)20-11-10-18(23)26-12-14-2-4-15(19)5-3-14/h2-9,20H,10-12H2,1H3,(H,21,22). The van der Waals surface area contributed by atoms with E-state index in [1.165, 1.54) is 31.2 Å². The minimum absolute atomic E-state index is 0.0415. The maximum absolute atomic E-state index is 12.2. The summed E-state index contributed by atoms with van der Waals surface area (Å²) in [6.07, 6.45) is -0.0836. The van der Waals surface area contributed by atoms with Crippen molar-refractivity contribution < 1.29 is 22.7 Å². The average Bonchev–Trinajstić information content (AvgIpc) is 2.61. The summed E-state index contributed by atoms with van der Waals surface area (Å²) < 4.78 is 32.8. The Hall–Kier alpha value is -2.23. The topological polar surface area (TPSA) is 102 Å². The van der Waals surface area contributed by atoms with E-state index in [1.807, 2.05) is 24.3 Å². The number of anilines is 1. The molecular weight excluding hydrogens is 436 g/mol. The number of ether oxygens (including phenoxy) is 1. The first-order chi connectivity index (χ1) is 12.8. The summed E-state index contributed by atoms with van der Waals surface area (Å²) in [4.78, 5) is 22.8. The molecule has 0 aromatic heterocycles. The second-order valence-corrected chi connectivity index (χ2v) is 8.32. The van der Waals surface area contributed by atoms with Crippen molar-refractivity contribution in [3.05, 3.63) is 58.6 Å². The quantitative estimate of drug-likeness (QED) is 0.597. The number of carbonyl (C=O) groups is 2. The highest BCUT2D eigenvalue weighted by atomic mass is 79.9. The van der Waals surface area contributed by atoms with Crippen molar-refractivity contribution in [2.45, 2.75) is 24.8 Å². The Morgan fingerprint density at radius 1 is 1.04 bits per heavy atom. The maximum atomic E-state index is 12.2. The van der Waals surface area contributed by atoms with Crippen LogP contribution in [0.3, 0.4) is 0 Å². The first-order valence-corrected chi connectivity index (χ1v) is 10.3. The fraction of sp³-hybridized carbons (Fsp3) is 0.222. The zero-order chi connectivity index (χ0) is 19.9. The van der Waals surface area contributed by atoms with E-state index in [0.717, 1.165) is 10.0 Å². The molecule has 0 unspecified atom stereocenters. The van der Waals surface area contributed by atoms with Crippen molar-refractivity contribution in [3.63, 3.8) is 0 Å². The highest BCUT2D eigenvalue weighted by molar-refractivity contribution is 9.10. The molecule has 0 saturated heterocycles. The molecule has 0 aliphatic carbocycles. The lowest BCUT2D eigenvalue weighted by Gasteiger charge is -2.08. The van der Waals surface area contributed by atoms with Crippen LogP contribution in [0.25, 0.3) is 0 Å². The number of esters is 1. The van der Waals surface area contributed by atoms with Gasteiger partial charge in [0, 0.05) is 23.6 Å². The SMILES string of the molecule is CC(=O)Nc1ccc(S(=O)(=O)NCCC(=O)OCc2ccc(Br)cc2)cc1. The van der Waals surface area contributed by atoms with Crippen LogP contribution >= 0.6 is 15.9 Å². The molecule has 0 bridgehead atoms. The number of hydrogen-bond donors (Lipinski definition) is 2. The van der Waals surface area contributed by atoms with Crippen molar-refractivity contribution in [3.8, 4) is 0 Å². The van der Waals surface area contributed by atoms with E-state index in [9.17, 15) is 18.0 Å². The molecule has 0 spiro atoms. The van der Waals surface area contributed by atoms with E-state index in [2.05, 4.69) is 26.0 Å². The molecule has 0 aliphatic rings. The van der Waals surface area contributed by atoms with Gasteiger partial charge in [0.1, 0.15) is 6.61 Å². The number of amides is 1. The summed E-state index contributed by atoms with van der Waals surface area (Å²) in [6.45, 7) is 1.42. The molecule has 144 valence electrons. The minimum atomic E-state index is -3.75. The van der Waals surface area contributed by atoms with Crippen molar-refractivity contribution in [1.82, 2.24) is 4.72 Å². The zero-order valence-electron chi connectivity index (χ0n) is 14.6. The molecule has 9 heteroatoms. The van der Waals surface area contributed by atoms with Crippen LogP contribution in [0, 0.1) is 0 Å². The molecular formula is C18H19BrN2O5S. The lowest BCUT2D eigenvalue weighted by molar-refractivity contribution is -0.144. The summed E-state index contributed by atoms with van der Waals surface area (Å²) in [5.74, 6) is -0.744. The Morgan fingerprint density at radius 2 is 1.67 bits per heavy atom. The van der Waals surface area contributed by atoms with Crippen LogP contribution in [0.15, 0.2) is 57.9 Å². The molecule has 27 heavy (non-hydrogen) atoms. The monoisotopic (exact) mass is 454 g/mol. The fourth-order valence-corrected chi connectivity index (χ4v) is 3.40. The minimum Gasteiger partial charge on any atom is -0.461 e. The summed E-state index contributed by atoms with van der Waals surface area (Å²) in [5, 5.41) is 2.55. The predicted octanol–water partition coefficient (Wildman–Crippen LogP) is 2.82. The molecule has 0 heterocycles. The van der Waals surface area contributed by atoms with Gasteiger partial charge in [0.2, 0.25) is 15.9 Å². The lowest BCUT2D eigenvalue weighted by Crippen LogP contribution is -2.26. The molecule has 2 rings (SSSR count). The Labute approximate surface area is 166 Å². The van der Waals surface area contributed by atoms with Gasteiger partial charge in [-0.15, -0.1) is 0 Å². The van der Waals surface area contributed by atoms with Gasteiger partial charge in [-0.2, -0.15) is 0 Å². The van der Waals surface area contributed by atoms with E-state index >= 15 is 0 Å². The summed E-state index contributed by atoms with van der Waals surface area (Å²) >= 11 is 3.32. The molecule has 1 amide bonds. The van der Waals surface area contributed by atoms with Gasteiger partial charge in [-0.1, -0.05) is 28.1 Å². The summed E-state index contributed by atoms with van der Waals surface area (Å²) in [5.41, 5.74) is 1.34. The van der Waals surface area contributed by atoms with Crippen LogP contribution in [0.2, 0.25) is 0 Å². The number of sulfonamides is 1. The van der Waals surface area contributed by atoms with Crippen LogP contribution in [0.5, 0.6) is 0 Å². The van der Waals surface area contributed by atoms with Crippen molar-refractivity contribution in [2.75, 3.05) is 11.9 Å². The zero-order valence-corrected chi connectivity index (χ0v) is 17.0. The van der Waals surface area contributed by atoms with Gasteiger partial charge in [0.25, 0.3) is 0 Å². The van der Waals surface area contributed by atoms with Crippen LogP contribution in [-0.2, 0) is 31.0 Å². The highest BCUT2D eigenvalue weighted by Crippen LogP contribution is 2.14. The Bertz CT molecular complexity index is 896. The number of nitrogens with one attached hydrogen (secondary N) is 2. The largest absolute Gasteiger partial charge is 0.461 e. The van der Waals surface area contributed by atoms with Crippen molar-refractivity contribution in [2.24, 2.45) is 0 Å². The number of rotatable bonds is 8. The maximum Gasteiger partial charge on any atom is 0.307 e. The third-order valence-electron chi connectivity index (χ3n) is 3.42. The molecule has 2 aromatic rings. The van der Waals surface area contributed by atoms with E-state index < -0.39 is 16.0 Å². The highest BCUT2D eigenvalue weighted by Gasteiger charge is 2.14. The molecule has 0 atom stereocenters. The molecule has 0 saturated carbocycles. The van der Waals surface area contributed by atoms with Crippen molar-refractivity contribution in [1.29, 1.82) is 0 Å². The van der Waals surface area contributed by atoms with E-state index in [0.29, 0.717) is 5.69 Å². The number of carbonyl (C=O) groups excluding carboxylic acids is 2. The van der Waals surface area contributed by atoms with E-state index in [-0.39, 0.29) is 30.4 Å². The van der Waals surface area contributed by atoms with Gasteiger partial charge < -0.3 is 10.1 Å². The normalized spacial score (nSPS) is 11.0. The third kappa shape index (κ3) is 7.12. The van der Waals surface area contributed by atoms with Crippen LogP contribution in [0.1, 0.15) is 18.9 Å². The Kier molecular flexibility index (Phi) is 7.52. The van der Waals surface area contributed by atoms with Crippen LogP contribution < -0.4 is 10.0 Å². The van der Waals surface area contributed by atoms with E-state index in [1.54, 1.807) is 0 Å².